The molecule has 2 aromatic rings. The molecule has 36 heavy (non-hydrogen) atoms. The van der Waals surface area contributed by atoms with Gasteiger partial charge >= 0.3 is 6.18 Å². The number of carbonyl (C=O) groups is 1. The molecule has 1 aromatic carbocycles. The molecule has 0 N–H and O–H groups in total. The first-order valence-electron chi connectivity index (χ1n) is 12.0. The number of hydrogen-bond acceptors (Lipinski definition) is 4. The minimum atomic E-state index is -4.60. The maximum atomic E-state index is 13.5. The predicted octanol–water partition coefficient (Wildman–Crippen LogP) is 5.58. The first-order valence-corrected chi connectivity index (χ1v) is 13.2. The van der Waals surface area contributed by atoms with Crippen LogP contribution in [0.4, 0.5) is 13.2 Å². The van der Waals surface area contributed by atoms with Crippen LogP contribution in [0.2, 0.25) is 0 Å². The number of benzene rings is 1. The van der Waals surface area contributed by atoms with E-state index in [4.69, 9.17) is 9.47 Å². The lowest BCUT2D eigenvalue weighted by Crippen LogP contribution is -2.30. The fraction of sp³-hybridized carbons (Fsp3) is 0.615. The number of alkyl halides is 3. The molecule has 2 heterocycles. The molecule has 1 aromatic heterocycles. The van der Waals surface area contributed by atoms with Crippen LogP contribution in [0.1, 0.15) is 69.1 Å². The SMILES string of the molecule is CSC(C)(C)COc1ccc(C(F)(F)F)cc1C(=O)N=c1cc(C(C)(C)C)n(C)n1C[C@H]1CCCO1. The minimum absolute atomic E-state index is 0.0123. The zero-order chi connectivity index (χ0) is 26.9. The molecule has 1 amide bonds. The van der Waals surface area contributed by atoms with Gasteiger partial charge < -0.3 is 9.47 Å². The lowest BCUT2D eigenvalue weighted by molar-refractivity contribution is -0.137. The van der Waals surface area contributed by atoms with Crippen LogP contribution in [-0.4, -0.2) is 45.6 Å². The maximum Gasteiger partial charge on any atom is 0.416 e. The predicted molar refractivity (Wildman–Crippen MR) is 136 cm³/mol. The standard InChI is InChI=1S/C26H36F3N3O3S/c1-24(2,3)21-14-22(32(31(21)6)15-18-9-8-12-34-18)30-23(33)19-13-17(26(27,28)29)10-11-20(19)35-16-25(4,5)36-7/h10-11,13-14,18H,8-9,12,15-16H2,1-7H3/t18-/m1/s1. The summed E-state index contributed by atoms with van der Waals surface area (Å²) in [6.07, 6.45) is -0.830. The van der Waals surface area contributed by atoms with Gasteiger partial charge in [0, 0.05) is 35.6 Å². The van der Waals surface area contributed by atoms with Crippen LogP contribution < -0.4 is 10.2 Å². The molecule has 1 saturated heterocycles. The van der Waals surface area contributed by atoms with E-state index >= 15 is 0 Å². The van der Waals surface area contributed by atoms with Crippen molar-refractivity contribution in [3.63, 3.8) is 0 Å². The summed E-state index contributed by atoms with van der Waals surface area (Å²) in [4.78, 5) is 17.7. The van der Waals surface area contributed by atoms with Crippen molar-refractivity contribution in [2.24, 2.45) is 12.0 Å². The molecule has 0 unspecified atom stereocenters. The van der Waals surface area contributed by atoms with Crippen molar-refractivity contribution in [2.45, 2.75) is 76.4 Å². The van der Waals surface area contributed by atoms with Gasteiger partial charge in [0.15, 0.2) is 5.49 Å². The number of amides is 1. The zero-order valence-corrected chi connectivity index (χ0v) is 22.8. The molecule has 1 atom stereocenters. The highest BCUT2D eigenvalue weighted by atomic mass is 32.2. The van der Waals surface area contributed by atoms with Crippen LogP contribution in [0, 0.1) is 0 Å². The molecule has 1 aliphatic rings. The van der Waals surface area contributed by atoms with Crippen molar-refractivity contribution in [1.82, 2.24) is 9.36 Å². The summed E-state index contributed by atoms with van der Waals surface area (Å²) >= 11 is 1.56. The summed E-state index contributed by atoms with van der Waals surface area (Å²) in [5.41, 5.74) is -0.0673. The third-order valence-corrected chi connectivity index (χ3v) is 7.51. The molecule has 200 valence electrons. The fourth-order valence-electron chi connectivity index (χ4n) is 4.04. The van der Waals surface area contributed by atoms with Crippen LogP contribution in [0.5, 0.6) is 5.75 Å². The Morgan fingerprint density at radius 1 is 1.19 bits per heavy atom. The third kappa shape index (κ3) is 6.76. The number of hydrogen-bond donors (Lipinski definition) is 0. The van der Waals surface area contributed by atoms with Gasteiger partial charge in [-0.05, 0) is 51.1 Å². The first-order chi connectivity index (χ1) is 16.6. The van der Waals surface area contributed by atoms with E-state index < -0.39 is 17.6 Å². The number of ether oxygens (including phenoxy) is 2. The molecule has 0 bridgehead atoms. The van der Waals surface area contributed by atoms with Crippen molar-refractivity contribution in [3.8, 4) is 5.75 Å². The molecule has 10 heteroatoms. The van der Waals surface area contributed by atoms with Gasteiger partial charge in [-0.3, -0.25) is 14.2 Å². The number of thioether (sulfide) groups is 1. The van der Waals surface area contributed by atoms with E-state index in [0.29, 0.717) is 18.6 Å². The second-order valence-electron chi connectivity index (χ2n) is 10.8. The second-order valence-corrected chi connectivity index (χ2v) is 12.3. The van der Waals surface area contributed by atoms with Crippen LogP contribution in [0.15, 0.2) is 29.3 Å². The van der Waals surface area contributed by atoms with Gasteiger partial charge in [-0.2, -0.15) is 29.9 Å². The van der Waals surface area contributed by atoms with Crippen LogP contribution in [0.25, 0.3) is 0 Å². The third-order valence-electron chi connectivity index (χ3n) is 6.29. The Morgan fingerprint density at radius 2 is 1.89 bits per heavy atom. The molecule has 0 spiro atoms. The van der Waals surface area contributed by atoms with Gasteiger partial charge in [0.2, 0.25) is 0 Å². The average molecular weight is 528 g/mol. The summed E-state index contributed by atoms with van der Waals surface area (Å²) < 4.78 is 55.6. The fourth-order valence-corrected chi connectivity index (χ4v) is 4.21. The molecular weight excluding hydrogens is 491 g/mol. The highest BCUT2D eigenvalue weighted by molar-refractivity contribution is 7.99. The lowest BCUT2D eigenvalue weighted by Gasteiger charge is -2.23. The number of aromatic nitrogens is 2. The van der Waals surface area contributed by atoms with Crippen molar-refractivity contribution in [1.29, 1.82) is 0 Å². The largest absolute Gasteiger partial charge is 0.491 e. The van der Waals surface area contributed by atoms with Crippen molar-refractivity contribution in [2.75, 3.05) is 19.5 Å². The van der Waals surface area contributed by atoms with Gasteiger partial charge in [0.25, 0.3) is 5.91 Å². The molecular formula is C26H36F3N3O3S. The molecule has 3 rings (SSSR count). The van der Waals surface area contributed by atoms with E-state index in [-0.39, 0.29) is 34.2 Å². The Kier molecular flexibility index (Phi) is 8.40. The smallest absolute Gasteiger partial charge is 0.416 e. The molecule has 1 fully saturated rings. The van der Waals surface area contributed by atoms with Crippen LogP contribution >= 0.6 is 11.8 Å². The van der Waals surface area contributed by atoms with Gasteiger partial charge in [-0.1, -0.05) is 20.8 Å². The molecule has 1 aliphatic heterocycles. The highest BCUT2D eigenvalue weighted by Crippen LogP contribution is 2.34. The average Bonchev–Trinajstić information content (AvgIpc) is 3.40. The quantitative estimate of drug-likeness (QED) is 0.472. The van der Waals surface area contributed by atoms with Gasteiger partial charge in [-0.15, -0.1) is 0 Å². The normalized spacial score (nSPS) is 17.6. The van der Waals surface area contributed by atoms with Gasteiger partial charge in [0.1, 0.15) is 12.4 Å². The topological polar surface area (TPSA) is 57.8 Å². The first kappa shape index (κ1) is 28.4. The van der Waals surface area contributed by atoms with Crippen molar-refractivity contribution < 1.29 is 27.4 Å². The van der Waals surface area contributed by atoms with E-state index in [2.05, 4.69) is 25.8 Å². The van der Waals surface area contributed by atoms with Crippen LogP contribution in [0.3, 0.4) is 0 Å². The van der Waals surface area contributed by atoms with Crippen LogP contribution in [-0.2, 0) is 29.9 Å². The molecule has 0 aliphatic carbocycles. The lowest BCUT2D eigenvalue weighted by atomic mass is 9.92. The molecule has 0 radical (unpaired) electrons. The summed E-state index contributed by atoms with van der Waals surface area (Å²) in [6.45, 7) is 11.5. The zero-order valence-electron chi connectivity index (χ0n) is 22.0. The van der Waals surface area contributed by atoms with Crippen molar-refractivity contribution in [3.05, 3.63) is 46.6 Å². The Morgan fingerprint density at radius 3 is 2.44 bits per heavy atom. The highest BCUT2D eigenvalue weighted by Gasteiger charge is 2.32. The van der Waals surface area contributed by atoms with E-state index in [1.165, 1.54) is 6.07 Å². The number of halogens is 3. The summed E-state index contributed by atoms with van der Waals surface area (Å²) in [5.74, 6) is -0.707. The Balaban J connectivity index is 2.10. The summed E-state index contributed by atoms with van der Waals surface area (Å²) in [6, 6.07) is 4.77. The number of nitrogens with zero attached hydrogens (tertiary/aromatic N) is 3. The summed E-state index contributed by atoms with van der Waals surface area (Å²) in [7, 11) is 1.89. The van der Waals surface area contributed by atoms with E-state index in [0.717, 1.165) is 30.7 Å². The number of carbonyl (C=O) groups excluding carboxylic acids is 1. The van der Waals surface area contributed by atoms with Gasteiger partial charge in [-0.25, -0.2) is 0 Å². The molecule has 0 saturated carbocycles. The Bertz CT molecular complexity index is 1150. The van der Waals surface area contributed by atoms with E-state index in [1.807, 2.05) is 42.6 Å². The van der Waals surface area contributed by atoms with E-state index in [1.54, 1.807) is 11.8 Å². The maximum absolute atomic E-state index is 13.5. The molecule has 6 nitrogen and oxygen atoms in total. The van der Waals surface area contributed by atoms with E-state index in [9.17, 15) is 18.0 Å². The Hall–Kier alpha value is -2.20. The second kappa shape index (κ2) is 10.7. The Labute approximate surface area is 214 Å². The summed E-state index contributed by atoms with van der Waals surface area (Å²) in [5, 5.41) is 0. The van der Waals surface area contributed by atoms with Crippen molar-refractivity contribution >= 4 is 17.7 Å². The van der Waals surface area contributed by atoms with Gasteiger partial charge in [0.05, 0.1) is 23.8 Å². The monoisotopic (exact) mass is 527 g/mol. The minimum Gasteiger partial charge on any atom is -0.491 e. The number of rotatable bonds is 7.